The van der Waals surface area contributed by atoms with Crippen LogP contribution in [0.3, 0.4) is 0 Å². The van der Waals surface area contributed by atoms with Gasteiger partial charge < -0.3 is 5.32 Å². The average Bonchev–Trinajstić information content (AvgIpc) is 3.18. The topological polar surface area (TPSA) is 72.2 Å². The minimum Gasteiger partial charge on any atom is -0.351 e. The van der Waals surface area contributed by atoms with Crippen LogP contribution >= 0.6 is 11.6 Å². The van der Waals surface area contributed by atoms with E-state index in [9.17, 15) is 23.7 Å². The second kappa shape index (κ2) is 5.32. The van der Waals surface area contributed by atoms with Gasteiger partial charge in [-0.3, -0.25) is 14.9 Å². The molecule has 1 aromatic carbocycles. The number of carbonyl (C=O) groups is 1. The van der Waals surface area contributed by atoms with Gasteiger partial charge in [0, 0.05) is 17.8 Å². The Kier molecular flexibility index (Phi) is 3.89. The summed E-state index contributed by atoms with van der Waals surface area (Å²) in [4.78, 5) is 21.3. The molecule has 2 rings (SSSR count). The third-order valence-corrected chi connectivity index (χ3v) is 3.89. The van der Waals surface area contributed by atoms with E-state index in [1.807, 2.05) is 0 Å². The van der Waals surface area contributed by atoms with Gasteiger partial charge in [-0.1, -0.05) is 0 Å². The number of carbonyl (C=O) groups excluding carboxylic acids is 1. The van der Waals surface area contributed by atoms with E-state index in [2.05, 4.69) is 5.32 Å². The Hall–Kier alpha value is -1.76. The van der Waals surface area contributed by atoms with E-state index in [1.54, 1.807) is 0 Å². The summed E-state index contributed by atoms with van der Waals surface area (Å²) < 4.78 is 27.0. The first-order valence-corrected chi connectivity index (χ1v) is 6.40. The first-order valence-electron chi connectivity index (χ1n) is 5.86. The smallest absolute Gasteiger partial charge is 0.308 e. The van der Waals surface area contributed by atoms with Gasteiger partial charge in [-0.15, -0.1) is 11.6 Å². The third kappa shape index (κ3) is 2.87. The lowest BCUT2D eigenvalue weighted by Gasteiger charge is -2.12. The molecular weight excluding hydrogens is 294 g/mol. The van der Waals surface area contributed by atoms with E-state index in [0.717, 1.165) is 12.8 Å². The average molecular weight is 305 g/mol. The van der Waals surface area contributed by atoms with Crippen LogP contribution in [0.2, 0.25) is 0 Å². The van der Waals surface area contributed by atoms with Crippen LogP contribution in [0.25, 0.3) is 0 Å². The summed E-state index contributed by atoms with van der Waals surface area (Å²) in [6.07, 6.45) is 1.70. The second-order valence-corrected chi connectivity index (χ2v) is 5.13. The van der Waals surface area contributed by atoms with Crippen LogP contribution in [0.5, 0.6) is 0 Å². The highest BCUT2D eigenvalue weighted by atomic mass is 35.5. The molecule has 8 heteroatoms. The highest BCUT2D eigenvalue weighted by Gasteiger charge is 2.42. The van der Waals surface area contributed by atoms with E-state index < -0.39 is 33.7 Å². The summed E-state index contributed by atoms with van der Waals surface area (Å²) in [6, 6.07) is 1.07. The fourth-order valence-electron chi connectivity index (χ4n) is 1.77. The normalized spacial score (nSPS) is 15.8. The summed E-state index contributed by atoms with van der Waals surface area (Å²) in [5, 5.41) is 13.0. The largest absolute Gasteiger partial charge is 0.351 e. The quantitative estimate of drug-likeness (QED) is 0.516. The molecule has 1 amide bonds. The molecule has 0 bridgehead atoms. The molecule has 1 aliphatic rings. The van der Waals surface area contributed by atoms with E-state index in [4.69, 9.17) is 11.6 Å². The van der Waals surface area contributed by atoms with Gasteiger partial charge in [-0.25, -0.2) is 4.39 Å². The van der Waals surface area contributed by atoms with Crippen molar-refractivity contribution in [3.63, 3.8) is 0 Å². The first-order chi connectivity index (χ1) is 9.38. The van der Waals surface area contributed by atoms with Crippen molar-refractivity contribution in [2.45, 2.75) is 12.8 Å². The number of nitro groups is 1. The maximum atomic E-state index is 13.8. The van der Waals surface area contributed by atoms with Gasteiger partial charge in [-0.2, -0.15) is 4.39 Å². The molecule has 1 aliphatic carbocycles. The van der Waals surface area contributed by atoms with Crippen molar-refractivity contribution in [2.24, 2.45) is 5.41 Å². The van der Waals surface area contributed by atoms with E-state index >= 15 is 0 Å². The lowest BCUT2D eigenvalue weighted by atomic mass is 10.1. The second-order valence-electron chi connectivity index (χ2n) is 4.86. The summed E-state index contributed by atoms with van der Waals surface area (Å²) in [6.45, 7) is 0.235. The third-order valence-electron chi connectivity index (χ3n) is 3.32. The van der Waals surface area contributed by atoms with Crippen molar-refractivity contribution in [3.05, 3.63) is 39.4 Å². The van der Waals surface area contributed by atoms with Crippen LogP contribution in [0.1, 0.15) is 23.2 Å². The molecule has 20 heavy (non-hydrogen) atoms. The predicted octanol–water partition coefficient (Wildman–Crippen LogP) is 2.62. The predicted molar refractivity (Wildman–Crippen MR) is 67.7 cm³/mol. The van der Waals surface area contributed by atoms with Gasteiger partial charge in [0.2, 0.25) is 5.82 Å². The summed E-state index contributed by atoms with van der Waals surface area (Å²) >= 11 is 5.73. The molecule has 1 fully saturated rings. The highest BCUT2D eigenvalue weighted by Crippen LogP contribution is 2.45. The number of halogens is 3. The van der Waals surface area contributed by atoms with Crippen molar-refractivity contribution in [2.75, 3.05) is 12.4 Å². The van der Waals surface area contributed by atoms with Gasteiger partial charge in [0.1, 0.15) is 5.82 Å². The zero-order chi connectivity index (χ0) is 14.9. The maximum Gasteiger partial charge on any atom is 0.308 e. The molecule has 1 N–H and O–H groups in total. The summed E-state index contributed by atoms with van der Waals surface area (Å²) in [5.74, 6) is -2.91. The minimum absolute atomic E-state index is 0.188. The van der Waals surface area contributed by atoms with E-state index in [-0.39, 0.29) is 12.0 Å². The number of benzene rings is 1. The molecule has 0 saturated heterocycles. The Morgan fingerprint density at radius 2 is 2.10 bits per heavy atom. The lowest BCUT2D eigenvalue weighted by Crippen LogP contribution is -2.31. The summed E-state index contributed by atoms with van der Waals surface area (Å²) in [7, 11) is 0. The number of alkyl halides is 1. The Balaban J connectivity index is 2.19. The van der Waals surface area contributed by atoms with Crippen molar-refractivity contribution >= 4 is 23.2 Å². The molecule has 108 valence electrons. The van der Waals surface area contributed by atoms with E-state index in [0.29, 0.717) is 18.0 Å². The Morgan fingerprint density at radius 1 is 1.45 bits per heavy atom. The van der Waals surface area contributed by atoms with Crippen molar-refractivity contribution < 1.29 is 18.5 Å². The Bertz CT molecular complexity index is 576. The van der Waals surface area contributed by atoms with Crippen LogP contribution in [0.4, 0.5) is 14.5 Å². The van der Waals surface area contributed by atoms with Crippen molar-refractivity contribution in [3.8, 4) is 0 Å². The number of hydrogen-bond donors (Lipinski definition) is 1. The van der Waals surface area contributed by atoms with Gasteiger partial charge >= 0.3 is 5.69 Å². The van der Waals surface area contributed by atoms with Gasteiger partial charge in [0.25, 0.3) is 5.91 Å². The number of amides is 1. The van der Waals surface area contributed by atoms with Gasteiger partial charge in [-0.05, 0) is 18.9 Å². The molecule has 0 radical (unpaired) electrons. The number of rotatable bonds is 5. The zero-order valence-corrected chi connectivity index (χ0v) is 11.0. The highest BCUT2D eigenvalue weighted by molar-refractivity contribution is 6.18. The molecule has 1 aromatic rings. The van der Waals surface area contributed by atoms with Crippen LogP contribution in [-0.2, 0) is 0 Å². The molecule has 5 nitrogen and oxygen atoms in total. The number of hydrogen-bond acceptors (Lipinski definition) is 3. The van der Waals surface area contributed by atoms with Crippen LogP contribution in [0, 0.1) is 27.2 Å². The van der Waals surface area contributed by atoms with Crippen LogP contribution in [0.15, 0.2) is 12.1 Å². The molecule has 1 saturated carbocycles. The monoisotopic (exact) mass is 304 g/mol. The Labute approximate surface area is 118 Å². The van der Waals surface area contributed by atoms with Gasteiger partial charge in [0.15, 0.2) is 0 Å². The fraction of sp³-hybridized carbons (Fsp3) is 0.417. The molecule has 0 spiro atoms. The number of nitrogens with one attached hydrogen (secondary N) is 1. The summed E-state index contributed by atoms with van der Waals surface area (Å²) in [5.41, 5.74) is -1.93. The molecular formula is C12H11ClF2N2O3. The molecule has 0 unspecified atom stereocenters. The molecule has 0 aliphatic heterocycles. The SMILES string of the molecule is O=C(NCC1(CCl)CC1)c1cc(F)cc([N+](=O)[O-])c1F. The zero-order valence-electron chi connectivity index (χ0n) is 10.3. The van der Waals surface area contributed by atoms with Crippen molar-refractivity contribution in [1.82, 2.24) is 5.32 Å². The number of nitro benzene ring substituents is 1. The molecule has 0 aromatic heterocycles. The van der Waals surface area contributed by atoms with Crippen molar-refractivity contribution in [1.29, 1.82) is 0 Å². The lowest BCUT2D eigenvalue weighted by molar-refractivity contribution is -0.387. The maximum absolute atomic E-state index is 13.8. The Morgan fingerprint density at radius 3 is 2.60 bits per heavy atom. The van der Waals surface area contributed by atoms with Crippen LogP contribution in [-0.4, -0.2) is 23.3 Å². The van der Waals surface area contributed by atoms with E-state index in [1.165, 1.54) is 0 Å². The first kappa shape index (κ1) is 14.6. The molecule has 0 heterocycles. The minimum atomic E-state index is -1.34. The standard InChI is InChI=1S/C12H11ClF2N2O3/c13-5-12(1-2-12)6-16-11(18)8-3-7(14)4-9(10(8)15)17(19)20/h3-4H,1-2,5-6H2,(H,16,18). The number of nitrogens with zero attached hydrogens (tertiary/aromatic N) is 1. The van der Waals surface area contributed by atoms with Crippen LogP contribution < -0.4 is 5.32 Å². The van der Waals surface area contributed by atoms with Gasteiger partial charge in [0.05, 0.1) is 16.6 Å². The molecule has 0 atom stereocenters. The fourth-order valence-corrected chi connectivity index (χ4v) is 2.13.